The van der Waals surface area contributed by atoms with Crippen LogP contribution in [-0.4, -0.2) is 16.6 Å². The molecule has 1 unspecified atom stereocenters. The lowest BCUT2D eigenvalue weighted by Gasteiger charge is -2.12. The number of fused-ring (bicyclic) bond motifs is 2. The molecule has 3 nitrogen and oxygen atoms in total. The average molecular weight is 331 g/mol. The van der Waals surface area contributed by atoms with Gasteiger partial charge in [0.15, 0.2) is 0 Å². The molecule has 0 saturated heterocycles. The van der Waals surface area contributed by atoms with Gasteiger partial charge in [-0.1, -0.05) is 57.1 Å². The predicted molar refractivity (Wildman–Crippen MR) is 105 cm³/mol. The first-order valence-electron chi connectivity index (χ1n) is 7.95. The van der Waals surface area contributed by atoms with E-state index in [0.29, 0.717) is 8.58 Å². The van der Waals surface area contributed by atoms with Gasteiger partial charge in [-0.05, 0) is 36.5 Å². The zero-order chi connectivity index (χ0) is 16.5. The van der Waals surface area contributed by atoms with Crippen molar-refractivity contribution in [1.29, 1.82) is 0 Å². The highest BCUT2D eigenvalue weighted by Crippen LogP contribution is 2.26. The maximum absolute atomic E-state index is 4.81. The van der Waals surface area contributed by atoms with Crippen LogP contribution in [0.4, 0.5) is 11.6 Å². The minimum absolute atomic E-state index is 0.648. The van der Waals surface area contributed by atoms with Gasteiger partial charge in [0.1, 0.15) is 11.6 Å². The summed E-state index contributed by atoms with van der Waals surface area (Å²) in [5, 5.41) is 8.17. The quantitative estimate of drug-likeness (QED) is 0.550. The SMILES string of the molecule is CPc1nc(Nc2nc(C)cc3ccccc23)cc2ccccc12. The summed E-state index contributed by atoms with van der Waals surface area (Å²) in [5.74, 6) is 1.71. The maximum Gasteiger partial charge on any atom is 0.139 e. The van der Waals surface area contributed by atoms with Crippen LogP contribution in [0.3, 0.4) is 0 Å². The van der Waals surface area contributed by atoms with Crippen molar-refractivity contribution in [1.82, 2.24) is 9.97 Å². The molecule has 1 N–H and O–H groups in total. The summed E-state index contributed by atoms with van der Waals surface area (Å²) in [7, 11) is 0.648. The lowest BCUT2D eigenvalue weighted by atomic mass is 10.1. The number of aromatic nitrogens is 2. The first kappa shape index (κ1) is 15.0. The summed E-state index contributed by atoms with van der Waals surface area (Å²) in [5.41, 5.74) is 2.13. The zero-order valence-corrected chi connectivity index (χ0v) is 14.7. The van der Waals surface area contributed by atoms with E-state index < -0.39 is 0 Å². The van der Waals surface area contributed by atoms with E-state index in [1.165, 1.54) is 16.2 Å². The van der Waals surface area contributed by atoms with Crippen LogP contribution in [0.5, 0.6) is 0 Å². The lowest BCUT2D eigenvalue weighted by molar-refractivity contribution is 1.21. The Morgan fingerprint density at radius 1 is 0.833 bits per heavy atom. The number of anilines is 2. The molecule has 0 aliphatic heterocycles. The summed E-state index contributed by atoms with van der Waals surface area (Å²) in [6, 6.07) is 20.9. The normalized spacial score (nSPS) is 11.6. The molecule has 2 heterocycles. The summed E-state index contributed by atoms with van der Waals surface area (Å²) in [6.07, 6.45) is 0. The van der Waals surface area contributed by atoms with Gasteiger partial charge in [0.25, 0.3) is 0 Å². The second-order valence-corrected chi connectivity index (χ2v) is 6.76. The van der Waals surface area contributed by atoms with Gasteiger partial charge >= 0.3 is 0 Å². The van der Waals surface area contributed by atoms with Gasteiger partial charge in [0.2, 0.25) is 0 Å². The van der Waals surface area contributed by atoms with Crippen molar-refractivity contribution >= 4 is 47.2 Å². The van der Waals surface area contributed by atoms with Crippen LogP contribution in [0.15, 0.2) is 60.7 Å². The highest BCUT2D eigenvalue weighted by atomic mass is 31.1. The van der Waals surface area contributed by atoms with Gasteiger partial charge in [0, 0.05) is 16.5 Å². The molecule has 2 aromatic carbocycles. The summed E-state index contributed by atoms with van der Waals surface area (Å²) in [4.78, 5) is 9.50. The van der Waals surface area contributed by atoms with Crippen molar-refractivity contribution < 1.29 is 0 Å². The van der Waals surface area contributed by atoms with E-state index in [-0.39, 0.29) is 0 Å². The van der Waals surface area contributed by atoms with Crippen LogP contribution in [0.2, 0.25) is 0 Å². The molecule has 0 aliphatic carbocycles. The van der Waals surface area contributed by atoms with Crippen molar-refractivity contribution in [3.8, 4) is 0 Å². The van der Waals surface area contributed by atoms with Gasteiger partial charge in [-0.25, -0.2) is 9.97 Å². The van der Waals surface area contributed by atoms with E-state index in [4.69, 9.17) is 4.98 Å². The Kier molecular flexibility index (Phi) is 3.87. The highest BCUT2D eigenvalue weighted by molar-refractivity contribution is 7.46. The topological polar surface area (TPSA) is 37.8 Å². The summed E-state index contributed by atoms with van der Waals surface area (Å²) >= 11 is 0. The molecule has 0 amide bonds. The van der Waals surface area contributed by atoms with E-state index in [9.17, 15) is 0 Å². The van der Waals surface area contributed by atoms with E-state index in [2.05, 4.69) is 71.6 Å². The number of hydrogen-bond acceptors (Lipinski definition) is 3. The first-order valence-corrected chi connectivity index (χ1v) is 9.45. The second-order valence-electron chi connectivity index (χ2n) is 5.79. The number of hydrogen-bond donors (Lipinski definition) is 1. The Hall–Kier alpha value is -2.51. The van der Waals surface area contributed by atoms with Crippen LogP contribution in [0, 0.1) is 6.92 Å². The van der Waals surface area contributed by atoms with Crippen LogP contribution >= 0.6 is 8.58 Å². The fraction of sp³-hybridized carbons (Fsp3) is 0.100. The Morgan fingerprint density at radius 3 is 2.25 bits per heavy atom. The Labute approximate surface area is 142 Å². The van der Waals surface area contributed by atoms with Crippen LogP contribution < -0.4 is 10.8 Å². The summed E-state index contributed by atoms with van der Waals surface area (Å²) < 4.78 is 0. The number of rotatable bonds is 3. The van der Waals surface area contributed by atoms with Gasteiger partial charge in [0.05, 0.1) is 5.44 Å². The molecule has 4 aromatic rings. The smallest absolute Gasteiger partial charge is 0.139 e. The highest BCUT2D eigenvalue weighted by Gasteiger charge is 2.08. The van der Waals surface area contributed by atoms with E-state index in [0.717, 1.165) is 28.2 Å². The standard InChI is InChI=1S/C20H18N3P/c1-13-11-14-7-3-5-9-16(14)19(21-13)22-18-12-15-8-4-6-10-17(15)20(23-18)24-2/h3-12,24H,1-2H3,(H,21,22,23). The lowest BCUT2D eigenvalue weighted by Crippen LogP contribution is -2.07. The average Bonchev–Trinajstić information content (AvgIpc) is 2.61. The van der Waals surface area contributed by atoms with Crippen LogP contribution in [-0.2, 0) is 0 Å². The predicted octanol–water partition coefficient (Wildman–Crippen LogP) is 4.77. The molecule has 118 valence electrons. The second kappa shape index (κ2) is 6.18. The molecule has 0 fully saturated rings. The molecule has 1 atom stereocenters. The minimum Gasteiger partial charge on any atom is -0.324 e. The maximum atomic E-state index is 4.81. The van der Waals surface area contributed by atoms with Gasteiger partial charge in [-0.15, -0.1) is 0 Å². The van der Waals surface area contributed by atoms with E-state index in [1.54, 1.807) is 0 Å². The molecule has 0 radical (unpaired) electrons. The van der Waals surface area contributed by atoms with Crippen molar-refractivity contribution in [3.63, 3.8) is 0 Å². The molecular formula is C20H18N3P. The van der Waals surface area contributed by atoms with Crippen LogP contribution in [0.1, 0.15) is 5.69 Å². The molecule has 2 aromatic heterocycles. The molecule has 4 rings (SSSR count). The zero-order valence-electron chi connectivity index (χ0n) is 13.7. The molecule has 0 spiro atoms. The summed E-state index contributed by atoms with van der Waals surface area (Å²) in [6.45, 7) is 4.18. The number of nitrogens with zero attached hydrogens (tertiary/aromatic N) is 2. The van der Waals surface area contributed by atoms with E-state index >= 15 is 0 Å². The van der Waals surface area contributed by atoms with Gasteiger partial charge in [-0.3, -0.25) is 0 Å². The van der Waals surface area contributed by atoms with E-state index in [1.807, 2.05) is 13.0 Å². The third kappa shape index (κ3) is 2.72. The number of pyridine rings is 2. The molecule has 4 heteroatoms. The fourth-order valence-corrected chi connectivity index (χ4v) is 3.73. The molecule has 0 saturated carbocycles. The fourth-order valence-electron chi connectivity index (χ4n) is 3.00. The largest absolute Gasteiger partial charge is 0.324 e. The third-order valence-corrected chi connectivity index (χ3v) is 4.95. The van der Waals surface area contributed by atoms with Gasteiger partial charge < -0.3 is 5.32 Å². The Morgan fingerprint density at radius 2 is 1.50 bits per heavy atom. The number of nitrogens with one attached hydrogen (secondary N) is 1. The third-order valence-electron chi connectivity index (χ3n) is 4.09. The molecule has 0 bridgehead atoms. The monoisotopic (exact) mass is 331 g/mol. The van der Waals surface area contributed by atoms with Crippen molar-refractivity contribution in [2.75, 3.05) is 12.0 Å². The molecular weight excluding hydrogens is 313 g/mol. The van der Waals surface area contributed by atoms with Crippen molar-refractivity contribution in [2.24, 2.45) is 0 Å². The minimum atomic E-state index is 0.648. The van der Waals surface area contributed by atoms with Gasteiger partial charge in [-0.2, -0.15) is 0 Å². The number of benzene rings is 2. The van der Waals surface area contributed by atoms with Crippen LogP contribution in [0.25, 0.3) is 21.5 Å². The molecule has 24 heavy (non-hydrogen) atoms. The molecule has 0 aliphatic rings. The number of aryl methyl sites for hydroxylation is 1. The Balaban J connectivity index is 1.85. The van der Waals surface area contributed by atoms with Crippen molar-refractivity contribution in [3.05, 3.63) is 66.4 Å². The van der Waals surface area contributed by atoms with Crippen molar-refractivity contribution in [2.45, 2.75) is 6.92 Å². The first-order chi connectivity index (χ1) is 11.7. The Bertz CT molecular complexity index is 1040.